The highest BCUT2D eigenvalue weighted by atomic mass is 16.1. The average molecular weight is 206 g/mol. The smallest absolute Gasteiger partial charge is 0.256 e. The zero-order chi connectivity index (χ0) is 10.8. The Labute approximate surface area is 90.2 Å². The molecule has 1 aliphatic rings. The average Bonchev–Trinajstić information content (AvgIpc) is 2.26. The summed E-state index contributed by atoms with van der Waals surface area (Å²) in [5.74, 6) is 0.947. The van der Waals surface area contributed by atoms with Crippen LogP contribution in [0.1, 0.15) is 43.3 Å². The molecule has 1 aliphatic carbocycles. The van der Waals surface area contributed by atoms with Crippen molar-refractivity contribution in [2.75, 3.05) is 0 Å². The molecule has 15 heavy (non-hydrogen) atoms. The first kappa shape index (κ1) is 10.4. The van der Waals surface area contributed by atoms with Crippen LogP contribution >= 0.6 is 0 Å². The van der Waals surface area contributed by atoms with Gasteiger partial charge in [-0.25, -0.2) is 4.98 Å². The van der Waals surface area contributed by atoms with Gasteiger partial charge in [0.2, 0.25) is 0 Å². The summed E-state index contributed by atoms with van der Waals surface area (Å²) in [5.41, 5.74) is 2.21. The fourth-order valence-electron chi connectivity index (χ4n) is 2.24. The maximum Gasteiger partial charge on any atom is 0.256 e. The molecule has 3 heteroatoms. The summed E-state index contributed by atoms with van der Waals surface area (Å²) in [4.78, 5) is 16.7. The van der Waals surface area contributed by atoms with Crippen LogP contribution in [0.3, 0.4) is 0 Å². The molecule has 0 atom stereocenters. The standard InChI is InChI=1S/C12H18N2O/c1-3-6-11-13-10-8-5-4-7-9(10)12(15)14(11)2/h3-8H2,1-2H3. The molecular formula is C12H18N2O. The van der Waals surface area contributed by atoms with Gasteiger partial charge >= 0.3 is 0 Å². The van der Waals surface area contributed by atoms with Gasteiger partial charge in [-0.3, -0.25) is 9.36 Å². The van der Waals surface area contributed by atoms with Crippen molar-refractivity contribution in [2.45, 2.75) is 45.4 Å². The van der Waals surface area contributed by atoms with Gasteiger partial charge in [-0.05, 0) is 32.1 Å². The molecule has 0 aliphatic heterocycles. The third-order valence-electron chi connectivity index (χ3n) is 3.13. The minimum absolute atomic E-state index is 0.183. The van der Waals surface area contributed by atoms with Gasteiger partial charge in [0.25, 0.3) is 5.56 Å². The number of hydrogen-bond donors (Lipinski definition) is 0. The monoisotopic (exact) mass is 206 g/mol. The Bertz CT molecular complexity index is 420. The predicted molar refractivity (Wildman–Crippen MR) is 60.1 cm³/mol. The van der Waals surface area contributed by atoms with E-state index in [1.54, 1.807) is 4.57 Å². The van der Waals surface area contributed by atoms with Crippen LogP contribution in [0.25, 0.3) is 0 Å². The predicted octanol–water partition coefficient (Wildman–Crippen LogP) is 1.61. The van der Waals surface area contributed by atoms with Crippen LogP contribution in [-0.4, -0.2) is 9.55 Å². The van der Waals surface area contributed by atoms with Crippen molar-refractivity contribution in [2.24, 2.45) is 7.05 Å². The first-order valence-corrected chi connectivity index (χ1v) is 5.81. The van der Waals surface area contributed by atoms with Crippen molar-refractivity contribution < 1.29 is 0 Å². The molecule has 0 saturated carbocycles. The summed E-state index contributed by atoms with van der Waals surface area (Å²) >= 11 is 0. The van der Waals surface area contributed by atoms with Crippen LogP contribution in [-0.2, 0) is 26.3 Å². The molecule has 0 aromatic carbocycles. The van der Waals surface area contributed by atoms with Crippen molar-refractivity contribution in [1.29, 1.82) is 0 Å². The lowest BCUT2D eigenvalue weighted by Crippen LogP contribution is -2.29. The van der Waals surface area contributed by atoms with Crippen LogP contribution < -0.4 is 5.56 Å². The normalized spacial score (nSPS) is 15.1. The van der Waals surface area contributed by atoms with E-state index in [4.69, 9.17) is 0 Å². The molecule has 0 spiro atoms. The molecule has 1 aromatic rings. The highest BCUT2D eigenvalue weighted by Gasteiger charge is 2.16. The fourth-order valence-corrected chi connectivity index (χ4v) is 2.24. The second-order valence-electron chi connectivity index (χ2n) is 4.27. The van der Waals surface area contributed by atoms with E-state index in [0.717, 1.165) is 49.2 Å². The topological polar surface area (TPSA) is 34.9 Å². The number of rotatable bonds is 2. The van der Waals surface area contributed by atoms with Crippen LogP contribution in [0.15, 0.2) is 4.79 Å². The molecular weight excluding hydrogens is 188 g/mol. The van der Waals surface area contributed by atoms with E-state index < -0.39 is 0 Å². The third kappa shape index (κ3) is 1.83. The quantitative estimate of drug-likeness (QED) is 0.737. The molecule has 0 radical (unpaired) electrons. The zero-order valence-electron chi connectivity index (χ0n) is 9.55. The summed E-state index contributed by atoms with van der Waals surface area (Å²) in [7, 11) is 1.84. The molecule has 0 fully saturated rings. The highest BCUT2D eigenvalue weighted by Crippen LogP contribution is 2.16. The number of fused-ring (bicyclic) bond motifs is 1. The number of nitrogens with zero attached hydrogens (tertiary/aromatic N) is 2. The summed E-state index contributed by atoms with van der Waals surface area (Å²) in [6, 6.07) is 0. The zero-order valence-corrected chi connectivity index (χ0v) is 9.55. The van der Waals surface area contributed by atoms with Crippen molar-refractivity contribution in [3.05, 3.63) is 27.4 Å². The van der Waals surface area contributed by atoms with E-state index in [1.807, 2.05) is 7.05 Å². The van der Waals surface area contributed by atoms with E-state index in [0.29, 0.717) is 0 Å². The van der Waals surface area contributed by atoms with E-state index in [-0.39, 0.29) is 5.56 Å². The van der Waals surface area contributed by atoms with Gasteiger partial charge in [-0.2, -0.15) is 0 Å². The minimum Gasteiger partial charge on any atom is -0.300 e. The van der Waals surface area contributed by atoms with Gasteiger partial charge in [-0.15, -0.1) is 0 Å². The van der Waals surface area contributed by atoms with Crippen LogP contribution in [0.4, 0.5) is 0 Å². The van der Waals surface area contributed by atoms with Gasteiger partial charge in [-0.1, -0.05) is 6.92 Å². The van der Waals surface area contributed by atoms with Crippen LogP contribution in [0, 0.1) is 0 Å². The Morgan fingerprint density at radius 2 is 2.07 bits per heavy atom. The lowest BCUT2D eigenvalue weighted by molar-refractivity contribution is 0.609. The van der Waals surface area contributed by atoms with Crippen molar-refractivity contribution >= 4 is 0 Å². The number of aromatic nitrogens is 2. The second kappa shape index (κ2) is 4.17. The molecule has 2 rings (SSSR count). The first-order chi connectivity index (χ1) is 7.24. The lowest BCUT2D eigenvalue weighted by Gasteiger charge is -2.17. The van der Waals surface area contributed by atoms with E-state index in [2.05, 4.69) is 11.9 Å². The molecule has 0 bridgehead atoms. The molecule has 3 nitrogen and oxygen atoms in total. The largest absolute Gasteiger partial charge is 0.300 e. The Kier molecular flexibility index (Phi) is 2.89. The maximum absolute atomic E-state index is 12.0. The summed E-state index contributed by atoms with van der Waals surface area (Å²) in [6.07, 6.45) is 6.16. The Balaban J connectivity index is 2.53. The molecule has 0 amide bonds. The lowest BCUT2D eigenvalue weighted by atomic mass is 9.97. The van der Waals surface area contributed by atoms with Crippen molar-refractivity contribution in [3.63, 3.8) is 0 Å². The third-order valence-corrected chi connectivity index (χ3v) is 3.13. The van der Waals surface area contributed by atoms with Gasteiger partial charge in [0.15, 0.2) is 0 Å². The van der Waals surface area contributed by atoms with Crippen LogP contribution in [0.2, 0.25) is 0 Å². The van der Waals surface area contributed by atoms with Crippen LogP contribution in [0.5, 0.6) is 0 Å². The van der Waals surface area contributed by atoms with E-state index in [9.17, 15) is 4.79 Å². The van der Waals surface area contributed by atoms with Crippen molar-refractivity contribution in [3.8, 4) is 0 Å². The maximum atomic E-state index is 12.0. The Morgan fingerprint density at radius 3 is 2.80 bits per heavy atom. The van der Waals surface area contributed by atoms with Gasteiger partial charge < -0.3 is 0 Å². The Morgan fingerprint density at radius 1 is 1.33 bits per heavy atom. The van der Waals surface area contributed by atoms with Gasteiger partial charge in [0, 0.05) is 19.0 Å². The SMILES string of the molecule is CCCc1nc2c(c(=O)n1C)CCCC2. The molecule has 1 heterocycles. The molecule has 1 aromatic heterocycles. The summed E-state index contributed by atoms with van der Waals surface area (Å²) in [5, 5.41) is 0. The molecule has 82 valence electrons. The number of hydrogen-bond acceptors (Lipinski definition) is 2. The first-order valence-electron chi connectivity index (χ1n) is 5.81. The van der Waals surface area contributed by atoms with Gasteiger partial charge in [0.1, 0.15) is 5.82 Å². The molecule has 0 N–H and O–H groups in total. The van der Waals surface area contributed by atoms with E-state index in [1.165, 1.54) is 6.42 Å². The number of aryl methyl sites for hydroxylation is 2. The Hall–Kier alpha value is -1.12. The highest BCUT2D eigenvalue weighted by molar-refractivity contribution is 5.21. The fraction of sp³-hybridized carbons (Fsp3) is 0.667. The summed E-state index contributed by atoms with van der Waals surface area (Å²) < 4.78 is 1.73. The summed E-state index contributed by atoms with van der Waals surface area (Å²) in [6.45, 7) is 2.12. The van der Waals surface area contributed by atoms with Gasteiger partial charge in [0.05, 0.1) is 5.69 Å². The minimum atomic E-state index is 0.183. The molecule has 0 unspecified atom stereocenters. The molecule has 0 saturated heterocycles. The van der Waals surface area contributed by atoms with Crippen molar-refractivity contribution in [1.82, 2.24) is 9.55 Å². The van der Waals surface area contributed by atoms with E-state index >= 15 is 0 Å². The second-order valence-corrected chi connectivity index (χ2v) is 4.27.